The van der Waals surface area contributed by atoms with Crippen molar-refractivity contribution in [2.45, 2.75) is 0 Å². The monoisotopic (exact) mass is 664 g/mol. The molecule has 2 nitrogen and oxygen atoms in total. The summed E-state index contributed by atoms with van der Waals surface area (Å²) in [4.78, 5) is 0. The van der Waals surface area contributed by atoms with Gasteiger partial charge in [0.25, 0.3) is 0 Å². The second-order valence-corrected chi connectivity index (χ2v) is 14.7. The Morgan fingerprint density at radius 1 is 0.314 bits per heavy atom. The maximum absolute atomic E-state index is 2.49. The molecule has 9 aromatic carbocycles. The molecule has 12 aromatic rings. The molecule has 0 aliphatic rings. The van der Waals surface area contributed by atoms with Gasteiger partial charge in [-0.25, -0.2) is 0 Å². The first-order valence-corrected chi connectivity index (χ1v) is 18.3. The van der Waals surface area contributed by atoms with Crippen molar-refractivity contribution in [3.05, 3.63) is 170 Å². The zero-order valence-corrected chi connectivity index (χ0v) is 28.3. The number of rotatable bonds is 2. The van der Waals surface area contributed by atoms with Gasteiger partial charge < -0.3 is 9.13 Å². The highest BCUT2D eigenvalue weighted by atomic mass is 32.1. The second kappa shape index (κ2) is 10.1. The molecule has 0 amide bonds. The predicted molar refractivity (Wildman–Crippen MR) is 221 cm³/mol. The molecule has 0 N–H and O–H groups in total. The lowest BCUT2D eigenvalue weighted by Gasteiger charge is -2.15. The number of hydrogen-bond donors (Lipinski definition) is 0. The van der Waals surface area contributed by atoms with Gasteiger partial charge in [0.2, 0.25) is 0 Å². The van der Waals surface area contributed by atoms with E-state index in [1.54, 1.807) is 0 Å². The number of para-hydroxylation sites is 2. The van der Waals surface area contributed by atoms with E-state index in [-0.39, 0.29) is 0 Å². The standard InChI is InChI=1S/C48H28N2S/c1-2-12-32-29(11-1)21-26-39-44(32)34-14-3-4-15-35(34)45-37-16-5-9-19-41(37)50(47(39)45)31-24-22-30(23-25-31)49-40-18-8-6-17-38(40)46-42(49)28-27-36-33-13-7-10-20-43(33)51-48(36)46/h1-28H. The maximum Gasteiger partial charge on any atom is 0.0626 e. The van der Waals surface area contributed by atoms with Gasteiger partial charge in [-0.05, 0) is 75.5 Å². The minimum Gasteiger partial charge on any atom is -0.309 e. The fourth-order valence-electron chi connectivity index (χ4n) is 8.98. The number of nitrogens with zero attached hydrogens (tertiary/aromatic N) is 2. The summed E-state index contributed by atoms with van der Waals surface area (Å²) in [7, 11) is 0. The van der Waals surface area contributed by atoms with Gasteiger partial charge in [-0.15, -0.1) is 11.3 Å². The van der Waals surface area contributed by atoms with E-state index in [9.17, 15) is 0 Å². The third-order valence-corrected chi connectivity index (χ3v) is 12.3. The smallest absolute Gasteiger partial charge is 0.0626 e. The largest absolute Gasteiger partial charge is 0.309 e. The van der Waals surface area contributed by atoms with Crippen LogP contribution in [0.25, 0.3) is 107 Å². The fraction of sp³-hybridized carbons (Fsp3) is 0. The van der Waals surface area contributed by atoms with Crippen molar-refractivity contribution >= 4 is 107 Å². The van der Waals surface area contributed by atoms with Gasteiger partial charge in [0.05, 0.1) is 22.1 Å². The fourth-order valence-corrected chi connectivity index (χ4v) is 10.2. The number of aromatic nitrogens is 2. The van der Waals surface area contributed by atoms with Crippen molar-refractivity contribution in [1.29, 1.82) is 0 Å². The summed E-state index contributed by atoms with van der Waals surface area (Å²) in [5.41, 5.74) is 7.26. The zero-order valence-electron chi connectivity index (χ0n) is 27.5. The Morgan fingerprint density at radius 3 is 1.63 bits per heavy atom. The summed E-state index contributed by atoms with van der Waals surface area (Å²) in [6.07, 6.45) is 0. The Balaban J connectivity index is 1.15. The van der Waals surface area contributed by atoms with Gasteiger partial charge in [-0.2, -0.15) is 0 Å². The summed E-state index contributed by atoms with van der Waals surface area (Å²) in [5.74, 6) is 0. The van der Waals surface area contributed by atoms with Crippen LogP contribution in [0, 0.1) is 0 Å². The quantitative estimate of drug-likeness (QED) is 0.163. The second-order valence-electron chi connectivity index (χ2n) is 13.6. The van der Waals surface area contributed by atoms with Crippen molar-refractivity contribution in [2.75, 3.05) is 0 Å². The lowest BCUT2D eigenvalue weighted by Crippen LogP contribution is -1.98. The third-order valence-electron chi connectivity index (χ3n) is 11.1. The molecule has 0 saturated carbocycles. The Hall–Kier alpha value is -6.42. The molecule has 51 heavy (non-hydrogen) atoms. The molecular weight excluding hydrogens is 637 g/mol. The molecule has 236 valence electrons. The van der Waals surface area contributed by atoms with Crippen LogP contribution in [-0.2, 0) is 0 Å². The van der Waals surface area contributed by atoms with Crippen molar-refractivity contribution in [3.8, 4) is 11.4 Å². The molecule has 0 aliphatic carbocycles. The predicted octanol–water partition coefficient (Wildman–Crippen LogP) is 13.7. The molecule has 0 saturated heterocycles. The lowest BCUT2D eigenvalue weighted by molar-refractivity contribution is 1.15. The molecule has 0 radical (unpaired) electrons. The van der Waals surface area contributed by atoms with E-state index in [2.05, 4.69) is 179 Å². The summed E-state index contributed by atoms with van der Waals surface area (Å²) in [5, 5.41) is 15.6. The molecule has 3 heteroatoms. The summed E-state index contributed by atoms with van der Waals surface area (Å²) in [6, 6.07) is 62.8. The van der Waals surface area contributed by atoms with Crippen LogP contribution in [0.15, 0.2) is 170 Å². The lowest BCUT2D eigenvalue weighted by atomic mass is 9.93. The van der Waals surface area contributed by atoms with E-state index < -0.39 is 0 Å². The average molecular weight is 665 g/mol. The molecule has 0 bridgehead atoms. The molecule has 0 fully saturated rings. The molecule has 0 spiro atoms. The Kier molecular flexibility index (Phi) is 5.41. The SMILES string of the molecule is c1ccc2c(c1)ccc1c2c2ccccc2c2c3ccccc3n(-c3ccc(-n4c5ccccc5c5c6sc7ccccc7c6ccc54)cc3)c12. The van der Waals surface area contributed by atoms with E-state index in [0.717, 1.165) is 11.4 Å². The van der Waals surface area contributed by atoms with E-state index in [0.29, 0.717) is 0 Å². The highest BCUT2D eigenvalue weighted by Crippen LogP contribution is 2.46. The van der Waals surface area contributed by atoms with Crippen molar-refractivity contribution in [2.24, 2.45) is 0 Å². The van der Waals surface area contributed by atoms with Crippen LogP contribution in [0.2, 0.25) is 0 Å². The van der Waals surface area contributed by atoms with E-state index >= 15 is 0 Å². The molecule has 3 aromatic heterocycles. The van der Waals surface area contributed by atoms with Gasteiger partial charge in [-0.3, -0.25) is 0 Å². The van der Waals surface area contributed by atoms with Gasteiger partial charge in [0.15, 0.2) is 0 Å². The van der Waals surface area contributed by atoms with Gasteiger partial charge in [0.1, 0.15) is 0 Å². The van der Waals surface area contributed by atoms with Crippen molar-refractivity contribution in [3.63, 3.8) is 0 Å². The van der Waals surface area contributed by atoms with Gasteiger partial charge in [0, 0.05) is 58.5 Å². The molecule has 3 heterocycles. The van der Waals surface area contributed by atoms with Crippen LogP contribution < -0.4 is 0 Å². The molecule has 12 rings (SSSR count). The van der Waals surface area contributed by atoms with E-state index in [1.165, 1.54) is 96.1 Å². The van der Waals surface area contributed by atoms with Crippen molar-refractivity contribution in [1.82, 2.24) is 9.13 Å². The number of benzene rings is 9. The summed E-state index contributed by atoms with van der Waals surface area (Å²) < 4.78 is 7.63. The van der Waals surface area contributed by atoms with Gasteiger partial charge in [-0.1, -0.05) is 121 Å². The summed E-state index contributed by atoms with van der Waals surface area (Å²) in [6.45, 7) is 0. The highest BCUT2D eigenvalue weighted by molar-refractivity contribution is 7.26. The van der Waals surface area contributed by atoms with Crippen LogP contribution >= 0.6 is 11.3 Å². The van der Waals surface area contributed by atoms with E-state index in [4.69, 9.17) is 0 Å². The zero-order chi connectivity index (χ0) is 33.2. The molecule has 0 unspecified atom stereocenters. The van der Waals surface area contributed by atoms with Crippen LogP contribution in [0.3, 0.4) is 0 Å². The highest BCUT2D eigenvalue weighted by Gasteiger charge is 2.21. The topological polar surface area (TPSA) is 9.86 Å². The normalized spacial score (nSPS) is 12.3. The first-order valence-electron chi connectivity index (χ1n) is 17.5. The minimum absolute atomic E-state index is 1.15. The average Bonchev–Trinajstić information content (AvgIpc) is 3.86. The molecular formula is C48H28N2S. The Labute approximate surface area is 296 Å². The first-order chi connectivity index (χ1) is 25.3. The number of thiophene rings is 1. The Bertz CT molecular complexity index is 3410. The Morgan fingerprint density at radius 2 is 0.863 bits per heavy atom. The molecule has 0 atom stereocenters. The first kappa shape index (κ1) is 27.4. The van der Waals surface area contributed by atoms with Crippen molar-refractivity contribution < 1.29 is 0 Å². The van der Waals surface area contributed by atoms with Crippen LogP contribution in [0.1, 0.15) is 0 Å². The van der Waals surface area contributed by atoms with Crippen LogP contribution in [0.5, 0.6) is 0 Å². The van der Waals surface area contributed by atoms with Crippen LogP contribution in [0.4, 0.5) is 0 Å². The molecule has 0 aliphatic heterocycles. The summed E-state index contributed by atoms with van der Waals surface area (Å²) >= 11 is 1.90. The van der Waals surface area contributed by atoms with Gasteiger partial charge >= 0.3 is 0 Å². The number of fused-ring (bicyclic) bond motifs is 17. The van der Waals surface area contributed by atoms with E-state index in [1.807, 2.05) is 11.3 Å². The minimum atomic E-state index is 1.15. The number of hydrogen-bond acceptors (Lipinski definition) is 1. The third kappa shape index (κ3) is 3.60. The maximum atomic E-state index is 2.49. The van der Waals surface area contributed by atoms with Crippen LogP contribution in [-0.4, -0.2) is 9.13 Å².